The van der Waals surface area contributed by atoms with Crippen molar-refractivity contribution in [3.63, 3.8) is 0 Å². The van der Waals surface area contributed by atoms with E-state index in [1.54, 1.807) is 6.92 Å². The van der Waals surface area contributed by atoms with E-state index in [0.29, 0.717) is 12.8 Å². The molecule has 0 fully saturated rings. The summed E-state index contributed by atoms with van der Waals surface area (Å²) in [6.45, 7) is 4.66. The molecule has 0 aromatic heterocycles. The average Bonchev–Trinajstić information content (AvgIpc) is 2.38. The summed E-state index contributed by atoms with van der Waals surface area (Å²) in [5.74, 6) is -0.403. The molecule has 0 aromatic rings. The monoisotopic (exact) mass is 256 g/mol. The highest BCUT2D eigenvalue weighted by atomic mass is 16.3. The molecule has 0 unspecified atom stereocenters. The first-order chi connectivity index (χ1) is 8.43. The minimum absolute atomic E-state index is 0.366. The number of amides is 1. The number of nitrogens with zero attached hydrogens (tertiary/aromatic N) is 1. The lowest BCUT2D eigenvalue weighted by molar-refractivity contribution is -0.132. The van der Waals surface area contributed by atoms with E-state index < -0.39 is 16.9 Å². The van der Waals surface area contributed by atoms with Gasteiger partial charge in [-0.1, -0.05) is 26.7 Å². The molecule has 0 aliphatic heterocycles. The largest absolute Gasteiger partial charge is 0.394 e. The molecule has 0 bridgehead atoms. The fraction of sp³-hybridized carbons (Fsp3) is 0.846. The lowest BCUT2D eigenvalue weighted by Gasteiger charge is -2.32. The number of aliphatic hydroxyl groups excluding tert-OH is 2. The van der Waals surface area contributed by atoms with Gasteiger partial charge in [0.2, 0.25) is 5.91 Å². The second-order valence-electron chi connectivity index (χ2n) is 5.02. The van der Waals surface area contributed by atoms with Crippen molar-refractivity contribution in [1.29, 1.82) is 5.26 Å². The Morgan fingerprint density at radius 1 is 1.22 bits per heavy atom. The topological polar surface area (TPSA) is 93.4 Å². The van der Waals surface area contributed by atoms with E-state index in [2.05, 4.69) is 11.4 Å². The number of carbonyl (C=O) groups is 1. The molecule has 0 aliphatic carbocycles. The van der Waals surface area contributed by atoms with E-state index in [1.807, 2.05) is 13.8 Å². The summed E-state index contributed by atoms with van der Waals surface area (Å²) in [7, 11) is 0. The highest BCUT2D eigenvalue weighted by Gasteiger charge is 2.40. The SMILES string of the molecule is CCCC(C#N)(CCC)C(=O)NC(C)(CO)CO. The van der Waals surface area contributed by atoms with E-state index in [-0.39, 0.29) is 13.2 Å². The molecule has 0 atom stereocenters. The molecule has 0 spiro atoms. The summed E-state index contributed by atoms with van der Waals surface area (Å²) in [5.41, 5.74) is -2.14. The van der Waals surface area contributed by atoms with Crippen LogP contribution in [0.5, 0.6) is 0 Å². The van der Waals surface area contributed by atoms with Gasteiger partial charge in [-0.05, 0) is 19.8 Å². The molecule has 1 amide bonds. The van der Waals surface area contributed by atoms with Crippen molar-refractivity contribution in [1.82, 2.24) is 5.32 Å². The molecular formula is C13H24N2O3. The zero-order valence-electron chi connectivity index (χ0n) is 11.5. The van der Waals surface area contributed by atoms with Gasteiger partial charge in [0, 0.05) is 0 Å². The molecule has 3 N–H and O–H groups in total. The predicted molar refractivity (Wildman–Crippen MR) is 68.6 cm³/mol. The summed E-state index contributed by atoms with van der Waals surface area (Å²) in [4.78, 5) is 12.3. The second-order valence-corrected chi connectivity index (χ2v) is 5.02. The Balaban J connectivity index is 5.03. The summed E-state index contributed by atoms with van der Waals surface area (Å²) in [6, 6.07) is 2.11. The van der Waals surface area contributed by atoms with E-state index in [4.69, 9.17) is 0 Å². The van der Waals surface area contributed by atoms with Crippen molar-refractivity contribution >= 4 is 5.91 Å². The Morgan fingerprint density at radius 2 is 1.67 bits per heavy atom. The third-order valence-corrected chi connectivity index (χ3v) is 3.12. The van der Waals surface area contributed by atoms with Crippen LogP contribution in [0.15, 0.2) is 0 Å². The normalized spacial score (nSPS) is 12.0. The van der Waals surface area contributed by atoms with Crippen LogP contribution in [0.2, 0.25) is 0 Å². The molecule has 0 aromatic carbocycles. The quantitative estimate of drug-likeness (QED) is 0.603. The van der Waals surface area contributed by atoms with Crippen molar-refractivity contribution < 1.29 is 15.0 Å². The molecule has 18 heavy (non-hydrogen) atoms. The molecule has 0 rings (SSSR count). The van der Waals surface area contributed by atoms with Gasteiger partial charge in [0.05, 0.1) is 24.8 Å². The molecule has 104 valence electrons. The standard InChI is InChI=1S/C13H24N2O3/c1-4-6-13(8-14,7-5-2)11(18)15-12(3,9-16)10-17/h16-17H,4-7,9-10H2,1-3H3,(H,15,18). The zero-order chi connectivity index (χ0) is 14.2. The Bertz CT molecular complexity index is 300. The van der Waals surface area contributed by atoms with E-state index in [9.17, 15) is 20.3 Å². The van der Waals surface area contributed by atoms with Crippen molar-refractivity contribution in [3.05, 3.63) is 0 Å². The van der Waals surface area contributed by atoms with Gasteiger partial charge in [-0.15, -0.1) is 0 Å². The number of hydrogen-bond acceptors (Lipinski definition) is 4. The molecule has 0 radical (unpaired) electrons. The van der Waals surface area contributed by atoms with E-state index in [1.165, 1.54) is 0 Å². The maximum Gasteiger partial charge on any atom is 0.241 e. The number of hydrogen-bond donors (Lipinski definition) is 3. The van der Waals surface area contributed by atoms with E-state index >= 15 is 0 Å². The minimum Gasteiger partial charge on any atom is -0.394 e. The van der Waals surface area contributed by atoms with Crippen LogP contribution in [-0.2, 0) is 4.79 Å². The van der Waals surface area contributed by atoms with Gasteiger partial charge in [0.15, 0.2) is 0 Å². The summed E-state index contributed by atoms with van der Waals surface area (Å²) >= 11 is 0. The fourth-order valence-corrected chi connectivity index (χ4v) is 1.89. The molecule has 0 saturated heterocycles. The summed E-state index contributed by atoms with van der Waals surface area (Å²) in [6.07, 6.45) is 2.43. The highest BCUT2D eigenvalue weighted by molar-refractivity contribution is 5.86. The lowest BCUT2D eigenvalue weighted by Crippen LogP contribution is -2.56. The first-order valence-corrected chi connectivity index (χ1v) is 6.39. The van der Waals surface area contributed by atoms with Gasteiger partial charge < -0.3 is 15.5 Å². The van der Waals surface area contributed by atoms with Crippen molar-refractivity contribution in [2.75, 3.05) is 13.2 Å². The zero-order valence-corrected chi connectivity index (χ0v) is 11.5. The van der Waals surface area contributed by atoms with Crippen LogP contribution in [0.1, 0.15) is 46.5 Å². The van der Waals surface area contributed by atoms with Gasteiger partial charge in [-0.25, -0.2) is 0 Å². The summed E-state index contributed by atoms with van der Waals surface area (Å²) in [5, 5.41) is 30.3. The Kier molecular flexibility index (Phi) is 6.89. The van der Waals surface area contributed by atoms with Gasteiger partial charge in [-0.3, -0.25) is 4.79 Å². The molecule has 5 nitrogen and oxygen atoms in total. The molecule has 0 heterocycles. The van der Waals surface area contributed by atoms with Gasteiger partial charge in [-0.2, -0.15) is 5.26 Å². The summed E-state index contributed by atoms with van der Waals surface area (Å²) < 4.78 is 0. The van der Waals surface area contributed by atoms with Crippen molar-refractivity contribution in [3.8, 4) is 6.07 Å². The van der Waals surface area contributed by atoms with Crippen molar-refractivity contribution in [2.45, 2.75) is 52.0 Å². The Morgan fingerprint density at radius 3 is 1.94 bits per heavy atom. The van der Waals surface area contributed by atoms with Gasteiger partial charge in [0.25, 0.3) is 0 Å². The van der Waals surface area contributed by atoms with Crippen LogP contribution >= 0.6 is 0 Å². The predicted octanol–water partition coefficient (Wildman–Crippen LogP) is 0.956. The van der Waals surface area contributed by atoms with Crippen molar-refractivity contribution in [2.24, 2.45) is 5.41 Å². The van der Waals surface area contributed by atoms with E-state index in [0.717, 1.165) is 12.8 Å². The lowest BCUT2D eigenvalue weighted by atomic mass is 9.79. The Hall–Kier alpha value is -1.12. The highest BCUT2D eigenvalue weighted by Crippen LogP contribution is 2.30. The average molecular weight is 256 g/mol. The number of nitriles is 1. The molecule has 0 aliphatic rings. The van der Waals surface area contributed by atoms with Gasteiger partial charge in [0.1, 0.15) is 5.41 Å². The van der Waals surface area contributed by atoms with Crippen LogP contribution in [-0.4, -0.2) is 34.9 Å². The first-order valence-electron chi connectivity index (χ1n) is 6.39. The second kappa shape index (κ2) is 7.34. The number of carbonyl (C=O) groups excluding carboxylic acids is 1. The third kappa shape index (κ3) is 3.97. The van der Waals surface area contributed by atoms with Gasteiger partial charge >= 0.3 is 0 Å². The number of nitrogens with one attached hydrogen (secondary N) is 1. The fourth-order valence-electron chi connectivity index (χ4n) is 1.89. The molecule has 0 saturated carbocycles. The minimum atomic E-state index is -1.08. The molecular weight excluding hydrogens is 232 g/mol. The number of aliphatic hydroxyl groups is 2. The van der Waals surface area contributed by atoms with Crippen LogP contribution in [0.3, 0.4) is 0 Å². The van der Waals surface area contributed by atoms with Crippen LogP contribution in [0.4, 0.5) is 0 Å². The third-order valence-electron chi connectivity index (χ3n) is 3.12. The maximum atomic E-state index is 12.3. The van der Waals surface area contributed by atoms with Crippen LogP contribution in [0, 0.1) is 16.7 Å². The van der Waals surface area contributed by atoms with Crippen LogP contribution in [0.25, 0.3) is 0 Å². The maximum absolute atomic E-state index is 12.3. The molecule has 5 heteroatoms. The Labute approximate surface area is 109 Å². The smallest absolute Gasteiger partial charge is 0.241 e. The van der Waals surface area contributed by atoms with Crippen LogP contribution < -0.4 is 5.32 Å². The number of rotatable bonds is 8. The first kappa shape index (κ1) is 16.9.